The molecule has 2 aromatic carbocycles. The molecule has 0 radical (unpaired) electrons. The number of amides is 1. The normalized spacial score (nSPS) is 12.7. The molecule has 2 aromatic rings. The van der Waals surface area contributed by atoms with Gasteiger partial charge in [-0.05, 0) is 48.7 Å². The lowest BCUT2D eigenvalue weighted by Gasteiger charge is -2.12. The Morgan fingerprint density at radius 1 is 1.16 bits per heavy atom. The number of hydrogen-bond donors (Lipinski definition) is 2. The van der Waals surface area contributed by atoms with Crippen LogP contribution >= 0.6 is 0 Å². The van der Waals surface area contributed by atoms with Gasteiger partial charge in [0.1, 0.15) is 0 Å². The zero-order chi connectivity index (χ0) is 18.8. The van der Waals surface area contributed by atoms with E-state index in [4.69, 9.17) is 0 Å². The predicted molar refractivity (Wildman–Crippen MR) is 88.7 cm³/mol. The highest BCUT2D eigenvalue weighted by atomic mass is 32.2. The van der Waals surface area contributed by atoms with E-state index >= 15 is 0 Å². The first kappa shape index (κ1) is 19.1. The summed E-state index contributed by atoms with van der Waals surface area (Å²) in [6.45, 7) is 3.28. The van der Waals surface area contributed by atoms with Crippen LogP contribution in [0.25, 0.3) is 0 Å². The molecule has 0 heterocycles. The minimum absolute atomic E-state index is 0.213. The molecule has 4 nitrogen and oxygen atoms in total. The van der Waals surface area contributed by atoms with Crippen molar-refractivity contribution in [3.63, 3.8) is 0 Å². The van der Waals surface area contributed by atoms with Gasteiger partial charge in [-0.2, -0.15) is 13.2 Å². The average Bonchev–Trinajstić information content (AvgIpc) is 2.45. The summed E-state index contributed by atoms with van der Waals surface area (Å²) in [6.07, 6.45) is -4.67. The van der Waals surface area contributed by atoms with Crippen molar-refractivity contribution in [3.05, 3.63) is 58.7 Å². The number of aryl methyl sites for hydroxylation is 2. The Hall–Kier alpha value is -2.19. The van der Waals surface area contributed by atoms with Gasteiger partial charge in [-0.25, -0.2) is 4.21 Å². The third-order valence-corrected chi connectivity index (χ3v) is 4.53. The molecule has 8 heteroatoms. The fourth-order valence-electron chi connectivity index (χ4n) is 2.55. The molecule has 1 atom stereocenters. The summed E-state index contributed by atoms with van der Waals surface area (Å²) in [7, 11) is 0. The number of alkyl halides is 3. The molecular weight excluding hydrogens is 355 g/mol. The Bertz CT molecular complexity index is 811. The van der Waals surface area contributed by atoms with Crippen LogP contribution in [-0.2, 0) is 28.5 Å². The maximum absolute atomic E-state index is 12.7. The fourth-order valence-corrected chi connectivity index (χ4v) is 3.21. The van der Waals surface area contributed by atoms with Gasteiger partial charge in [0.15, 0.2) is 11.1 Å². The Morgan fingerprint density at radius 2 is 1.76 bits per heavy atom. The van der Waals surface area contributed by atoms with Gasteiger partial charge in [-0.1, -0.05) is 18.2 Å². The van der Waals surface area contributed by atoms with Crippen molar-refractivity contribution in [2.75, 3.05) is 5.32 Å². The van der Waals surface area contributed by atoms with E-state index in [9.17, 15) is 26.7 Å². The Kier molecular flexibility index (Phi) is 5.64. The van der Waals surface area contributed by atoms with Gasteiger partial charge in [0.25, 0.3) is 0 Å². The summed E-state index contributed by atoms with van der Waals surface area (Å²) in [5.41, 5.74) is 0.930. The molecule has 134 valence electrons. The van der Waals surface area contributed by atoms with Crippen LogP contribution in [0.1, 0.15) is 22.3 Å². The van der Waals surface area contributed by atoms with Crippen LogP contribution in [0.5, 0.6) is 0 Å². The number of rotatable bonds is 4. The first-order valence-corrected chi connectivity index (χ1v) is 8.36. The average molecular weight is 371 g/mol. The van der Waals surface area contributed by atoms with Crippen LogP contribution in [0.2, 0.25) is 0 Å². The number of halogens is 3. The zero-order valence-corrected chi connectivity index (χ0v) is 14.3. The van der Waals surface area contributed by atoms with Crippen LogP contribution in [0.3, 0.4) is 0 Å². The topological polar surface area (TPSA) is 66.4 Å². The molecule has 2 rings (SSSR count). The molecule has 0 aliphatic heterocycles. The molecule has 0 aliphatic carbocycles. The maximum atomic E-state index is 12.7. The molecule has 0 aliphatic rings. The summed E-state index contributed by atoms with van der Waals surface area (Å²) in [5, 5.41) is 2.60. The number of benzene rings is 2. The highest BCUT2D eigenvalue weighted by molar-refractivity contribution is 7.79. The second kappa shape index (κ2) is 7.37. The van der Waals surface area contributed by atoms with Crippen molar-refractivity contribution >= 4 is 22.7 Å². The van der Waals surface area contributed by atoms with E-state index in [1.54, 1.807) is 26.0 Å². The second-order valence-electron chi connectivity index (χ2n) is 5.61. The quantitative estimate of drug-likeness (QED) is 0.796. The molecular formula is C17H16F3NO3S. The third kappa shape index (κ3) is 4.90. The lowest BCUT2D eigenvalue weighted by molar-refractivity contribution is -0.137. The largest absolute Gasteiger partial charge is 0.416 e. The monoisotopic (exact) mass is 371 g/mol. The van der Waals surface area contributed by atoms with Gasteiger partial charge in [0.2, 0.25) is 5.91 Å². The van der Waals surface area contributed by atoms with E-state index < -0.39 is 28.7 Å². The number of anilines is 1. The summed E-state index contributed by atoms with van der Waals surface area (Å²) < 4.78 is 58.6. The fraction of sp³-hybridized carbons (Fsp3) is 0.235. The zero-order valence-electron chi connectivity index (χ0n) is 13.5. The standard InChI is InChI=1S/C17H16F3NO3S/c1-10-6-14(7-11(2)16(10)25(23)24)21-15(22)9-12-4-3-5-13(8-12)17(18,19)20/h3-8H,9H2,1-2H3,(H,21,22)(H,23,24). The van der Waals surface area contributed by atoms with Crippen molar-refractivity contribution in [2.24, 2.45) is 0 Å². The van der Waals surface area contributed by atoms with Gasteiger partial charge < -0.3 is 9.87 Å². The molecule has 1 amide bonds. The number of nitrogens with one attached hydrogen (secondary N) is 1. The van der Waals surface area contributed by atoms with Gasteiger partial charge in [0.05, 0.1) is 16.9 Å². The van der Waals surface area contributed by atoms with E-state index in [2.05, 4.69) is 5.32 Å². The lowest BCUT2D eigenvalue weighted by Crippen LogP contribution is -2.15. The van der Waals surface area contributed by atoms with Gasteiger partial charge in [0, 0.05) is 5.69 Å². The first-order chi connectivity index (χ1) is 11.6. The van der Waals surface area contributed by atoms with E-state index in [-0.39, 0.29) is 16.9 Å². The van der Waals surface area contributed by atoms with Crippen LogP contribution in [0.4, 0.5) is 18.9 Å². The minimum Gasteiger partial charge on any atom is -0.326 e. The number of carbonyl (C=O) groups is 1. The summed E-state index contributed by atoms with van der Waals surface area (Å²) in [5.74, 6) is -0.476. The van der Waals surface area contributed by atoms with Crippen molar-refractivity contribution in [2.45, 2.75) is 31.3 Å². The third-order valence-electron chi connectivity index (χ3n) is 3.54. The van der Waals surface area contributed by atoms with E-state index in [0.717, 1.165) is 12.1 Å². The highest BCUT2D eigenvalue weighted by Crippen LogP contribution is 2.29. The second-order valence-corrected chi connectivity index (χ2v) is 6.52. The minimum atomic E-state index is -4.46. The molecule has 2 N–H and O–H groups in total. The van der Waals surface area contributed by atoms with Gasteiger partial charge in [-0.15, -0.1) is 0 Å². The Balaban J connectivity index is 2.15. The van der Waals surface area contributed by atoms with Crippen LogP contribution < -0.4 is 5.32 Å². The molecule has 1 unspecified atom stereocenters. The van der Waals surface area contributed by atoms with Crippen molar-refractivity contribution in [1.29, 1.82) is 0 Å². The summed E-state index contributed by atoms with van der Waals surface area (Å²) >= 11 is -2.14. The smallest absolute Gasteiger partial charge is 0.326 e. The first-order valence-electron chi connectivity index (χ1n) is 7.26. The van der Waals surface area contributed by atoms with Gasteiger partial charge >= 0.3 is 6.18 Å². The molecule has 0 aromatic heterocycles. The van der Waals surface area contributed by atoms with E-state index in [1.807, 2.05) is 0 Å². The van der Waals surface area contributed by atoms with Crippen molar-refractivity contribution in [3.8, 4) is 0 Å². The number of hydrogen-bond acceptors (Lipinski definition) is 2. The summed E-state index contributed by atoms with van der Waals surface area (Å²) in [6, 6.07) is 7.67. The lowest BCUT2D eigenvalue weighted by atomic mass is 10.1. The Morgan fingerprint density at radius 3 is 2.28 bits per heavy atom. The van der Waals surface area contributed by atoms with E-state index in [0.29, 0.717) is 16.8 Å². The maximum Gasteiger partial charge on any atom is 0.416 e. The van der Waals surface area contributed by atoms with Crippen molar-refractivity contribution in [1.82, 2.24) is 0 Å². The predicted octanol–water partition coefficient (Wildman–Crippen LogP) is 4.08. The molecule has 0 saturated carbocycles. The molecule has 0 saturated heterocycles. The van der Waals surface area contributed by atoms with E-state index in [1.165, 1.54) is 12.1 Å². The Labute approximate surface area is 145 Å². The van der Waals surface area contributed by atoms with Crippen LogP contribution in [-0.4, -0.2) is 14.7 Å². The molecule has 0 bridgehead atoms. The molecule has 0 fully saturated rings. The van der Waals surface area contributed by atoms with Crippen LogP contribution in [0, 0.1) is 13.8 Å². The summed E-state index contributed by atoms with van der Waals surface area (Å²) in [4.78, 5) is 12.4. The highest BCUT2D eigenvalue weighted by Gasteiger charge is 2.30. The number of carbonyl (C=O) groups excluding carboxylic acids is 1. The van der Waals surface area contributed by atoms with Crippen molar-refractivity contribution < 1.29 is 26.7 Å². The van der Waals surface area contributed by atoms with Crippen LogP contribution in [0.15, 0.2) is 41.3 Å². The SMILES string of the molecule is Cc1cc(NC(=O)Cc2cccc(C(F)(F)F)c2)cc(C)c1S(=O)O. The molecule has 0 spiro atoms. The molecule has 25 heavy (non-hydrogen) atoms. The van der Waals surface area contributed by atoms with Gasteiger partial charge in [-0.3, -0.25) is 4.79 Å².